The molecule has 1 aromatic heterocycles. The summed E-state index contributed by atoms with van der Waals surface area (Å²) < 4.78 is 7.65. The molecule has 1 aliphatic carbocycles. The highest BCUT2D eigenvalue weighted by Gasteiger charge is 2.17. The van der Waals surface area contributed by atoms with Gasteiger partial charge in [-0.25, -0.2) is 4.68 Å². The van der Waals surface area contributed by atoms with Gasteiger partial charge in [-0.2, -0.15) is 0 Å². The van der Waals surface area contributed by atoms with Crippen LogP contribution in [0.25, 0.3) is 0 Å². The fourth-order valence-electron chi connectivity index (χ4n) is 3.29. The van der Waals surface area contributed by atoms with Crippen molar-refractivity contribution < 1.29 is 9.53 Å². The molecule has 1 saturated carbocycles. The van der Waals surface area contributed by atoms with E-state index in [4.69, 9.17) is 4.74 Å². The molecule has 3 aromatic rings. The van der Waals surface area contributed by atoms with Crippen molar-refractivity contribution in [1.82, 2.24) is 15.0 Å². The number of anilines is 1. The Morgan fingerprint density at radius 3 is 2.74 bits per heavy atom. The lowest BCUT2D eigenvalue weighted by Gasteiger charge is -2.13. The molecule has 4 rings (SSSR count). The molecule has 1 heterocycles. The van der Waals surface area contributed by atoms with E-state index in [0.29, 0.717) is 12.2 Å². The number of carbonyl (C=O) groups is 1. The first-order chi connectivity index (χ1) is 13.3. The summed E-state index contributed by atoms with van der Waals surface area (Å²) >= 11 is 0. The highest BCUT2D eigenvalue weighted by molar-refractivity contribution is 6.02. The summed E-state index contributed by atoms with van der Waals surface area (Å²) in [6.07, 6.45) is 6.58. The largest absolute Gasteiger partial charge is 0.490 e. The predicted molar refractivity (Wildman–Crippen MR) is 103 cm³/mol. The minimum Gasteiger partial charge on any atom is -0.490 e. The van der Waals surface area contributed by atoms with E-state index < -0.39 is 0 Å². The minimum atomic E-state index is -0.285. The number of ether oxygens (including phenoxy) is 1. The lowest BCUT2D eigenvalue weighted by Crippen LogP contribution is -2.13. The highest BCUT2D eigenvalue weighted by atomic mass is 16.5. The second-order valence-corrected chi connectivity index (χ2v) is 6.79. The van der Waals surface area contributed by atoms with Crippen LogP contribution in [0.5, 0.6) is 5.75 Å². The molecule has 0 radical (unpaired) electrons. The quantitative estimate of drug-likeness (QED) is 0.722. The summed E-state index contributed by atoms with van der Waals surface area (Å²) in [6.45, 7) is 0.575. The van der Waals surface area contributed by atoms with Crippen molar-refractivity contribution in [2.24, 2.45) is 0 Å². The predicted octanol–water partition coefficient (Wildman–Crippen LogP) is 3.90. The van der Waals surface area contributed by atoms with Crippen molar-refractivity contribution in [3.8, 4) is 5.75 Å². The van der Waals surface area contributed by atoms with Crippen LogP contribution in [0.4, 0.5) is 5.69 Å². The Morgan fingerprint density at radius 1 is 1.11 bits per heavy atom. The van der Waals surface area contributed by atoms with Crippen molar-refractivity contribution in [2.45, 2.75) is 38.3 Å². The number of hydrogen-bond acceptors (Lipinski definition) is 4. The first-order valence-corrected chi connectivity index (χ1v) is 9.28. The van der Waals surface area contributed by atoms with Gasteiger partial charge in [0.15, 0.2) is 5.69 Å². The molecule has 0 aliphatic heterocycles. The van der Waals surface area contributed by atoms with Crippen molar-refractivity contribution in [3.05, 3.63) is 72.1 Å². The normalized spacial score (nSPS) is 14.2. The maximum atomic E-state index is 12.5. The van der Waals surface area contributed by atoms with Crippen LogP contribution in [-0.4, -0.2) is 27.0 Å². The molecule has 1 fully saturated rings. The Morgan fingerprint density at radius 2 is 1.93 bits per heavy atom. The van der Waals surface area contributed by atoms with E-state index in [9.17, 15) is 4.79 Å². The summed E-state index contributed by atoms with van der Waals surface area (Å²) in [5.41, 5.74) is 2.08. The molecule has 0 saturated heterocycles. The molecular weight excluding hydrogens is 340 g/mol. The van der Waals surface area contributed by atoms with Crippen LogP contribution in [0.1, 0.15) is 41.7 Å². The maximum Gasteiger partial charge on any atom is 0.277 e. The van der Waals surface area contributed by atoms with E-state index in [1.165, 1.54) is 12.8 Å². The molecule has 0 bridgehead atoms. The maximum absolute atomic E-state index is 12.5. The van der Waals surface area contributed by atoms with Gasteiger partial charge in [0.25, 0.3) is 5.91 Å². The Hall–Kier alpha value is -3.15. The van der Waals surface area contributed by atoms with Crippen molar-refractivity contribution in [3.63, 3.8) is 0 Å². The number of carbonyl (C=O) groups excluding carboxylic acids is 1. The van der Waals surface area contributed by atoms with Crippen molar-refractivity contribution in [2.75, 3.05) is 5.32 Å². The summed E-state index contributed by atoms with van der Waals surface area (Å²) in [4.78, 5) is 12.5. The first kappa shape index (κ1) is 17.3. The van der Waals surface area contributed by atoms with Crippen LogP contribution in [-0.2, 0) is 6.54 Å². The number of amides is 1. The fourth-order valence-corrected chi connectivity index (χ4v) is 3.29. The molecule has 27 heavy (non-hydrogen) atoms. The van der Waals surface area contributed by atoms with Gasteiger partial charge in [0.05, 0.1) is 18.8 Å². The molecule has 6 heteroatoms. The zero-order valence-electron chi connectivity index (χ0n) is 15.0. The molecule has 0 atom stereocenters. The molecule has 1 aliphatic rings. The Kier molecular flexibility index (Phi) is 5.14. The minimum absolute atomic E-state index is 0.285. The van der Waals surface area contributed by atoms with Crippen LogP contribution in [0, 0.1) is 0 Å². The summed E-state index contributed by atoms with van der Waals surface area (Å²) in [5.74, 6) is 0.500. The monoisotopic (exact) mass is 362 g/mol. The van der Waals surface area contributed by atoms with E-state index in [-0.39, 0.29) is 17.7 Å². The molecule has 1 N–H and O–H groups in total. The number of hydrogen-bond donors (Lipinski definition) is 1. The number of benzene rings is 2. The van der Waals surface area contributed by atoms with Gasteiger partial charge in [-0.1, -0.05) is 41.6 Å². The smallest absolute Gasteiger partial charge is 0.277 e. The summed E-state index contributed by atoms with van der Waals surface area (Å²) in [5, 5.41) is 10.9. The lowest BCUT2D eigenvalue weighted by atomic mass is 10.2. The van der Waals surface area contributed by atoms with Crippen LogP contribution >= 0.6 is 0 Å². The van der Waals surface area contributed by atoms with Gasteiger partial charge in [-0.15, -0.1) is 5.10 Å². The third-order valence-corrected chi connectivity index (χ3v) is 4.66. The molecule has 0 unspecified atom stereocenters. The first-order valence-electron chi connectivity index (χ1n) is 9.28. The third-order valence-electron chi connectivity index (χ3n) is 4.66. The summed E-state index contributed by atoms with van der Waals surface area (Å²) in [7, 11) is 0. The van der Waals surface area contributed by atoms with Gasteiger partial charge >= 0.3 is 0 Å². The van der Waals surface area contributed by atoms with E-state index in [2.05, 4.69) is 15.6 Å². The van der Waals surface area contributed by atoms with Crippen LogP contribution < -0.4 is 10.1 Å². The Balaban J connectivity index is 1.39. The van der Waals surface area contributed by atoms with E-state index in [0.717, 1.165) is 24.2 Å². The number of nitrogens with zero attached hydrogens (tertiary/aromatic N) is 3. The van der Waals surface area contributed by atoms with Gasteiger partial charge in [-0.3, -0.25) is 4.79 Å². The second-order valence-electron chi connectivity index (χ2n) is 6.79. The van der Waals surface area contributed by atoms with E-state index >= 15 is 0 Å². The summed E-state index contributed by atoms with van der Waals surface area (Å²) in [6, 6.07) is 17.4. The standard InChI is InChI=1S/C21H22N4O2/c26-21(20-15-25(24-23-20)14-16-7-2-1-3-8-16)22-17-9-6-12-19(13-17)27-18-10-4-5-11-18/h1-3,6-9,12-13,15,18H,4-5,10-11,14H2,(H,22,26). The van der Waals surface area contributed by atoms with Crippen LogP contribution in [0.2, 0.25) is 0 Å². The van der Waals surface area contributed by atoms with Crippen molar-refractivity contribution >= 4 is 11.6 Å². The van der Waals surface area contributed by atoms with Crippen LogP contribution in [0.3, 0.4) is 0 Å². The van der Waals surface area contributed by atoms with Gasteiger partial charge in [0, 0.05) is 11.8 Å². The van der Waals surface area contributed by atoms with Gasteiger partial charge in [-0.05, 0) is 43.4 Å². The Labute approximate surface area is 158 Å². The molecule has 138 valence electrons. The number of nitrogens with one attached hydrogen (secondary N) is 1. The van der Waals surface area contributed by atoms with Crippen LogP contribution in [0.15, 0.2) is 60.8 Å². The highest BCUT2D eigenvalue weighted by Crippen LogP contribution is 2.25. The molecule has 1 amide bonds. The van der Waals surface area contributed by atoms with E-state index in [1.807, 2.05) is 54.6 Å². The SMILES string of the molecule is O=C(Nc1cccc(OC2CCCC2)c1)c1cn(Cc2ccccc2)nn1. The van der Waals surface area contributed by atoms with E-state index in [1.54, 1.807) is 10.9 Å². The lowest BCUT2D eigenvalue weighted by molar-refractivity contribution is 0.102. The average Bonchev–Trinajstić information content (AvgIpc) is 3.35. The molecule has 2 aromatic carbocycles. The average molecular weight is 362 g/mol. The molecular formula is C21H22N4O2. The third kappa shape index (κ3) is 4.53. The van der Waals surface area contributed by atoms with Gasteiger partial charge in [0.2, 0.25) is 0 Å². The zero-order chi connectivity index (χ0) is 18.5. The topological polar surface area (TPSA) is 69.0 Å². The zero-order valence-corrected chi connectivity index (χ0v) is 15.0. The second kappa shape index (κ2) is 8.03. The van der Waals surface area contributed by atoms with Gasteiger partial charge in [0.1, 0.15) is 5.75 Å². The van der Waals surface area contributed by atoms with Gasteiger partial charge < -0.3 is 10.1 Å². The number of aromatic nitrogens is 3. The molecule has 6 nitrogen and oxygen atoms in total. The number of rotatable bonds is 6. The van der Waals surface area contributed by atoms with Crippen molar-refractivity contribution in [1.29, 1.82) is 0 Å². The Bertz CT molecular complexity index is 901. The molecule has 0 spiro atoms. The fraction of sp³-hybridized carbons (Fsp3) is 0.286.